The van der Waals surface area contributed by atoms with Crippen molar-refractivity contribution in [3.8, 4) is 11.5 Å². The van der Waals surface area contributed by atoms with E-state index in [0.717, 1.165) is 0 Å². The Labute approximate surface area is 191 Å². The van der Waals surface area contributed by atoms with Crippen molar-refractivity contribution in [2.45, 2.75) is 38.0 Å². The normalized spacial score (nSPS) is 26.0. The van der Waals surface area contributed by atoms with Gasteiger partial charge in [0.2, 0.25) is 0 Å². The summed E-state index contributed by atoms with van der Waals surface area (Å²) in [6.07, 6.45) is 5.60. The Kier molecular flexibility index (Phi) is 6.14. The molecule has 2 aromatic rings. The van der Waals surface area contributed by atoms with Crippen LogP contribution in [-0.2, 0) is 9.73 Å². The van der Waals surface area contributed by atoms with Crippen LogP contribution in [0.25, 0.3) is 17.1 Å². The molecule has 1 aliphatic heterocycles. The Bertz CT molecular complexity index is 1260. The lowest BCUT2D eigenvalue weighted by atomic mass is 9.93. The van der Waals surface area contributed by atoms with Crippen LogP contribution in [0.5, 0.6) is 0 Å². The molecule has 3 N–H and O–H groups in total. The average molecular weight is 479 g/mol. The SMILES string of the molecule is C=C(/C(F)=C\C=C(/C)c1cc(-c2ncc(Cl)cn2)no1)[C@]1(C)C[S@@](=N)(=O)C(C)(C)C(N)=N1. The topological polar surface area (TPSA) is 131 Å². The molecule has 0 spiro atoms. The lowest BCUT2D eigenvalue weighted by Gasteiger charge is -2.40. The Hall–Kier alpha value is -2.85. The second-order valence-corrected chi connectivity index (χ2v) is 11.3. The molecule has 0 unspecified atom stereocenters. The zero-order valence-corrected chi connectivity index (χ0v) is 19.7. The maximum absolute atomic E-state index is 15.0. The van der Waals surface area contributed by atoms with Gasteiger partial charge in [-0.05, 0) is 39.3 Å². The van der Waals surface area contributed by atoms with Gasteiger partial charge in [0, 0.05) is 24.0 Å². The summed E-state index contributed by atoms with van der Waals surface area (Å²) < 4.78 is 40.3. The summed E-state index contributed by atoms with van der Waals surface area (Å²) in [6, 6.07) is 1.63. The van der Waals surface area contributed by atoms with Gasteiger partial charge in [-0.1, -0.05) is 29.4 Å². The van der Waals surface area contributed by atoms with E-state index in [4.69, 9.17) is 26.6 Å². The second-order valence-electron chi connectivity index (χ2n) is 8.24. The maximum Gasteiger partial charge on any atom is 0.181 e. The molecule has 0 saturated heterocycles. The molecule has 1 aliphatic rings. The first kappa shape index (κ1) is 23.8. The molecule has 3 heterocycles. The Morgan fingerprint density at radius 3 is 2.56 bits per heavy atom. The number of aromatic nitrogens is 3. The van der Waals surface area contributed by atoms with Crippen molar-refractivity contribution in [3.63, 3.8) is 0 Å². The van der Waals surface area contributed by atoms with Gasteiger partial charge in [0.05, 0.1) is 26.0 Å². The highest BCUT2D eigenvalue weighted by Gasteiger charge is 2.47. The van der Waals surface area contributed by atoms with E-state index in [1.165, 1.54) is 24.5 Å². The molecule has 0 aliphatic carbocycles. The molecule has 0 saturated carbocycles. The first-order valence-corrected chi connectivity index (χ1v) is 11.7. The van der Waals surface area contributed by atoms with E-state index in [0.29, 0.717) is 27.9 Å². The van der Waals surface area contributed by atoms with Crippen molar-refractivity contribution in [1.82, 2.24) is 15.1 Å². The van der Waals surface area contributed by atoms with Gasteiger partial charge < -0.3 is 10.3 Å². The monoisotopic (exact) mass is 478 g/mol. The zero-order valence-electron chi connectivity index (χ0n) is 18.1. The lowest BCUT2D eigenvalue weighted by molar-refractivity contribution is 0.412. The van der Waals surface area contributed by atoms with Crippen LogP contribution in [0.1, 0.15) is 33.5 Å². The van der Waals surface area contributed by atoms with E-state index in [-0.39, 0.29) is 17.2 Å². The highest BCUT2D eigenvalue weighted by atomic mass is 35.5. The number of halogens is 2. The molecule has 2 aromatic heterocycles. The molecule has 0 fully saturated rings. The van der Waals surface area contributed by atoms with Gasteiger partial charge in [-0.3, -0.25) is 9.77 Å². The van der Waals surface area contributed by atoms with Gasteiger partial charge in [0.15, 0.2) is 17.3 Å². The summed E-state index contributed by atoms with van der Waals surface area (Å²) in [5.74, 6) is -0.0574. The van der Waals surface area contributed by atoms with Crippen molar-refractivity contribution < 1.29 is 13.1 Å². The molecule has 0 aromatic carbocycles. The molecule has 8 nitrogen and oxygen atoms in total. The largest absolute Gasteiger partial charge is 0.386 e. The third kappa shape index (κ3) is 4.37. The highest BCUT2D eigenvalue weighted by Crippen LogP contribution is 2.37. The van der Waals surface area contributed by atoms with Gasteiger partial charge in [0.1, 0.15) is 16.4 Å². The van der Waals surface area contributed by atoms with Gasteiger partial charge in [-0.15, -0.1) is 0 Å². The van der Waals surface area contributed by atoms with E-state index < -0.39 is 25.8 Å². The number of nitrogens with one attached hydrogen (secondary N) is 1. The Balaban J connectivity index is 1.84. The molecule has 3 rings (SSSR count). The number of hydrogen-bond donors (Lipinski definition) is 2. The molecular formula is C21H24ClFN6O2S. The number of nitrogens with two attached hydrogens (primary N) is 1. The van der Waals surface area contributed by atoms with Crippen molar-refractivity contribution in [1.29, 1.82) is 4.78 Å². The van der Waals surface area contributed by atoms with E-state index in [2.05, 4.69) is 26.7 Å². The molecule has 0 radical (unpaired) electrons. The van der Waals surface area contributed by atoms with Crippen molar-refractivity contribution in [3.05, 3.63) is 59.4 Å². The second kappa shape index (κ2) is 8.25. The lowest BCUT2D eigenvalue weighted by Crippen LogP contribution is -2.55. The molecule has 0 bridgehead atoms. The first-order valence-electron chi connectivity index (χ1n) is 9.57. The molecule has 32 heavy (non-hydrogen) atoms. The summed E-state index contributed by atoms with van der Waals surface area (Å²) in [5.41, 5.74) is 5.68. The van der Waals surface area contributed by atoms with Crippen LogP contribution in [-0.4, -0.2) is 41.2 Å². The van der Waals surface area contributed by atoms with Gasteiger partial charge in [-0.25, -0.2) is 18.6 Å². The summed E-state index contributed by atoms with van der Waals surface area (Å²) in [4.78, 5) is 12.5. The van der Waals surface area contributed by atoms with Crippen molar-refractivity contribution in [2.75, 3.05) is 5.75 Å². The van der Waals surface area contributed by atoms with Crippen LogP contribution >= 0.6 is 11.6 Å². The highest BCUT2D eigenvalue weighted by molar-refractivity contribution is 7.94. The minimum Gasteiger partial charge on any atom is -0.386 e. The summed E-state index contributed by atoms with van der Waals surface area (Å²) in [5, 5.41) is 4.32. The number of allylic oxidation sites excluding steroid dienone is 3. The van der Waals surface area contributed by atoms with Crippen LogP contribution < -0.4 is 5.73 Å². The number of amidine groups is 1. The van der Waals surface area contributed by atoms with Crippen LogP contribution in [0.2, 0.25) is 5.02 Å². The van der Waals surface area contributed by atoms with Gasteiger partial charge in [-0.2, -0.15) is 0 Å². The minimum atomic E-state index is -3.17. The number of rotatable bonds is 5. The van der Waals surface area contributed by atoms with Crippen molar-refractivity contribution in [2.24, 2.45) is 10.7 Å². The quantitative estimate of drug-likeness (QED) is 0.606. The number of hydrogen-bond acceptors (Lipinski definition) is 8. The molecular weight excluding hydrogens is 455 g/mol. The van der Waals surface area contributed by atoms with E-state index in [1.54, 1.807) is 33.8 Å². The molecule has 11 heteroatoms. The van der Waals surface area contributed by atoms with E-state index in [1.807, 2.05) is 0 Å². The third-order valence-electron chi connectivity index (χ3n) is 5.46. The number of aliphatic imine (C=N–C) groups is 1. The summed E-state index contributed by atoms with van der Waals surface area (Å²) >= 11 is 5.79. The van der Waals surface area contributed by atoms with Crippen LogP contribution in [0.4, 0.5) is 4.39 Å². The minimum absolute atomic E-state index is 0.00667. The fourth-order valence-corrected chi connectivity index (χ4v) is 4.85. The Morgan fingerprint density at radius 1 is 1.34 bits per heavy atom. The fourth-order valence-electron chi connectivity index (χ4n) is 2.98. The predicted octanol–water partition coefficient (Wildman–Crippen LogP) is 4.55. The summed E-state index contributed by atoms with van der Waals surface area (Å²) in [6.45, 7) is 10.3. The first-order chi connectivity index (χ1) is 14.8. The van der Waals surface area contributed by atoms with Crippen molar-refractivity contribution >= 4 is 32.7 Å². The fraction of sp³-hybridized carbons (Fsp3) is 0.333. The van der Waals surface area contributed by atoms with Crippen LogP contribution in [0.3, 0.4) is 0 Å². The smallest absolute Gasteiger partial charge is 0.181 e. The van der Waals surface area contributed by atoms with Gasteiger partial charge in [0.25, 0.3) is 0 Å². The maximum atomic E-state index is 15.0. The van der Waals surface area contributed by atoms with E-state index >= 15 is 0 Å². The zero-order chi connectivity index (χ0) is 23.9. The van der Waals surface area contributed by atoms with Crippen LogP contribution in [0, 0.1) is 4.78 Å². The predicted molar refractivity (Wildman–Crippen MR) is 124 cm³/mol. The Morgan fingerprint density at radius 2 is 1.97 bits per heavy atom. The molecule has 170 valence electrons. The number of nitrogens with zero attached hydrogens (tertiary/aromatic N) is 4. The average Bonchev–Trinajstić information content (AvgIpc) is 3.20. The standard InChI is InChI=1S/C21H24ClFN6O2S/c1-12(17-8-16(29-31-17)18-26-9-14(22)10-27-18)6-7-15(23)13(2)21(5)11-32(25,30)20(3,4)19(24)28-21/h6-10,25H,2,11H2,1,3-5H3,(H2,24,28)/b12-6+,15-7+/t21-,32+/m0/s1. The molecule has 2 atom stereocenters. The third-order valence-corrected chi connectivity index (χ3v) is 8.48. The molecule has 0 amide bonds. The van der Waals surface area contributed by atoms with E-state index in [9.17, 15) is 8.60 Å². The van der Waals surface area contributed by atoms with Crippen LogP contribution in [0.15, 0.2) is 58.1 Å². The summed E-state index contributed by atoms with van der Waals surface area (Å²) in [7, 11) is -3.17. The van der Waals surface area contributed by atoms with Gasteiger partial charge >= 0.3 is 0 Å².